The van der Waals surface area contributed by atoms with Crippen LogP contribution in [0.2, 0.25) is 10.0 Å². The van der Waals surface area contributed by atoms with Crippen molar-refractivity contribution in [2.75, 3.05) is 50.9 Å². The summed E-state index contributed by atoms with van der Waals surface area (Å²) in [6, 6.07) is 5.63. The predicted molar refractivity (Wildman–Crippen MR) is 188 cm³/mol. The number of carboxylic acids is 1. The Bertz CT molecular complexity index is 1370. The summed E-state index contributed by atoms with van der Waals surface area (Å²) in [5.41, 5.74) is 0.608. The first-order chi connectivity index (χ1) is 23.2. The van der Waals surface area contributed by atoms with E-state index in [0.29, 0.717) is 50.5 Å². The van der Waals surface area contributed by atoms with Crippen LogP contribution in [0.5, 0.6) is 5.75 Å². The number of carbonyl (C=O) groups is 4. The van der Waals surface area contributed by atoms with Gasteiger partial charge in [0.1, 0.15) is 18.0 Å². The topological polar surface area (TPSA) is 168 Å². The molecule has 0 aliphatic carbocycles. The van der Waals surface area contributed by atoms with Crippen LogP contribution >= 0.6 is 23.2 Å². The minimum absolute atomic E-state index is 0.101. The minimum atomic E-state index is -1.16. The number of halogens is 2. The Morgan fingerprint density at radius 2 is 1.69 bits per heavy atom. The third-order valence-corrected chi connectivity index (χ3v) is 7.27. The molecule has 0 spiro atoms. The van der Waals surface area contributed by atoms with Gasteiger partial charge >= 0.3 is 12.1 Å². The van der Waals surface area contributed by atoms with Crippen molar-refractivity contribution >= 4 is 52.9 Å². The molecule has 0 aliphatic heterocycles. The fourth-order valence-corrected chi connectivity index (χ4v) is 5.05. The van der Waals surface area contributed by atoms with Crippen LogP contribution in [0, 0.1) is 6.92 Å². The number of aromatic nitrogens is 1. The second-order valence-corrected chi connectivity index (χ2v) is 13.1. The molecular formula is C34H49Cl2N5O8. The van der Waals surface area contributed by atoms with Crippen molar-refractivity contribution in [2.24, 2.45) is 0 Å². The van der Waals surface area contributed by atoms with Gasteiger partial charge in [-0.2, -0.15) is 0 Å². The number of carbonyl (C=O) groups excluding carboxylic acids is 3. The fourth-order valence-electron chi connectivity index (χ4n) is 4.44. The molecule has 4 N–H and O–H groups in total. The fraction of sp³-hybridized carbons (Fsp3) is 0.559. The van der Waals surface area contributed by atoms with Gasteiger partial charge in [0, 0.05) is 38.9 Å². The Kier molecular flexibility index (Phi) is 18.2. The van der Waals surface area contributed by atoms with Gasteiger partial charge in [-0.3, -0.25) is 19.3 Å². The van der Waals surface area contributed by atoms with Crippen LogP contribution < -0.4 is 25.6 Å². The van der Waals surface area contributed by atoms with Gasteiger partial charge in [-0.25, -0.2) is 9.78 Å². The van der Waals surface area contributed by atoms with E-state index in [0.717, 1.165) is 12.0 Å². The molecule has 1 atom stereocenters. The standard InChI is InChI=1S/C34H49Cl2N5O8/c1-6-15-47-16-12-37-13-17-48-32-25(35)19-24(20-26(32)36)27(21-31(44)45)40-30(43)22-39-29(42)9-7-8-14-41(33(46)49-34(3,4)5)28-18-23(2)10-11-38-28/h10-11,18-20,27,37H,6-9,12-17,21-22H2,1-5H3,(H,39,42)(H,40,43)(H,44,45). The van der Waals surface area contributed by atoms with Crippen molar-refractivity contribution in [3.63, 3.8) is 0 Å². The lowest BCUT2D eigenvalue weighted by molar-refractivity contribution is -0.138. The molecule has 15 heteroatoms. The third-order valence-electron chi connectivity index (χ3n) is 6.71. The number of nitrogens with one attached hydrogen (secondary N) is 3. The first-order valence-electron chi connectivity index (χ1n) is 16.3. The zero-order valence-corrected chi connectivity index (χ0v) is 30.4. The number of carboxylic acid groups (broad SMARTS) is 1. The van der Waals surface area contributed by atoms with Crippen molar-refractivity contribution in [2.45, 2.75) is 78.4 Å². The van der Waals surface area contributed by atoms with Crippen molar-refractivity contribution in [3.05, 3.63) is 51.6 Å². The average Bonchev–Trinajstić information content (AvgIpc) is 3.00. The first kappa shape index (κ1) is 41.5. The summed E-state index contributed by atoms with van der Waals surface area (Å²) in [5, 5.41) is 18.2. The molecule has 1 heterocycles. The molecule has 1 unspecified atom stereocenters. The van der Waals surface area contributed by atoms with Gasteiger partial charge < -0.3 is 35.3 Å². The van der Waals surface area contributed by atoms with E-state index in [4.69, 9.17) is 37.4 Å². The number of hydrogen-bond acceptors (Lipinski definition) is 9. The highest BCUT2D eigenvalue weighted by molar-refractivity contribution is 6.37. The van der Waals surface area contributed by atoms with Crippen LogP contribution in [0.3, 0.4) is 0 Å². The van der Waals surface area contributed by atoms with Crippen molar-refractivity contribution < 1.29 is 38.5 Å². The first-order valence-corrected chi connectivity index (χ1v) is 17.1. The van der Waals surface area contributed by atoms with Gasteiger partial charge in [0.15, 0.2) is 5.75 Å². The monoisotopic (exact) mass is 725 g/mol. The van der Waals surface area contributed by atoms with Gasteiger partial charge in [0.2, 0.25) is 11.8 Å². The second kappa shape index (κ2) is 21.4. The molecular weight excluding hydrogens is 677 g/mol. The number of benzene rings is 1. The SMILES string of the molecule is CCCOCCNCCOc1c(Cl)cc(C(CC(=O)O)NC(=O)CNC(=O)CCCCN(C(=O)OC(C)(C)C)c2cc(C)ccn2)cc1Cl. The lowest BCUT2D eigenvalue weighted by Gasteiger charge is -2.27. The molecule has 13 nitrogen and oxygen atoms in total. The van der Waals surface area contributed by atoms with Crippen LogP contribution in [0.4, 0.5) is 10.6 Å². The maximum Gasteiger partial charge on any atom is 0.416 e. The van der Waals surface area contributed by atoms with E-state index < -0.39 is 36.0 Å². The third kappa shape index (κ3) is 16.5. The van der Waals surface area contributed by atoms with E-state index in [1.165, 1.54) is 17.0 Å². The second-order valence-electron chi connectivity index (χ2n) is 12.3. The summed E-state index contributed by atoms with van der Waals surface area (Å²) in [4.78, 5) is 55.4. The van der Waals surface area contributed by atoms with Crippen LogP contribution in [0.1, 0.15) is 77.0 Å². The highest BCUT2D eigenvalue weighted by Crippen LogP contribution is 2.36. The van der Waals surface area contributed by atoms with E-state index in [1.807, 2.05) is 19.9 Å². The van der Waals surface area contributed by atoms with Crippen molar-refractivity contribution in [1.82, 2.24) is 20.9 Å². The largest absolute Gasteiger partial charge is 0.489 e. The summed E-state index contributed by atoms with van der Waals surface area (Å²) in [5.74, 6) is -1.43. The quantitative estimate of drug-likeness (QED) is 0.121. The van der Waals surface area contributed by atoms with Gasteiger partial charge in [0.05, 0.1) is 35.7 Å². The molecule has 272 valence electrons. The molecule has 0 saturated carbocycles. The van der Waals surface area contributed by atoms with E-state index >= 15 is 0 Å². The van der Waals surface area contributed by atoms with Gasteiger partial charge in [-0.05, 0) is 82.3 Å². The normalized spacial score (nSPS) is 11.8. The Balaban J connectivity index is 1.88. The molecule has 3 amide bonds. The molecule has 0 bridgehead atoms. The molecule has 1 aromatic heterocycles. The summed E-state index contributed by atoms with van der Waals surface area (Å²) in [6.45, 7) is 12.0. The highest BCUT2D eigenvalue weighted by atomic mass is 35.5. The zero-order valence-electron chi connectivity index (χ0n) is 28.9. The number of ether oxygens (including phenoxy) is 3. The smallest absolute Gasteiger partial charge is 0.416 e. The Morgan fingerprint density at radius 1 is 1.00 bits per heavy atom. The predicted octanol–water partition coefficient (Wildman–Crippen LogP) is 5.45. The Labute approximate surface area is 298 Å². The number of aryl methyl sites for hydroxylation is 1. The van der Waals surface area contributed by atoms with Crippen LogP contribution in [-0.2, 0) is 23.9 Å². The van der Waals surface area contributed by atoms with Gasteiger partial charge in [-0.1, -0.05) is 30.1 Å². The molecule has 0 radical (unpaired) electrons. The molecule has 1 aromatic carbocycles. The number of nitrogens with zero attached hydrogens (tertiary/aromatic N) is 2. The molecule has 2 rings (SSSR count). The summed E-state index contributed by atoms with van der Waals surface area (Å²) >= 11 is 12.8. The summed E-state index contributed by atoms with van der Waals surface area (Å²) in [6.07, 6.45) is 2.59. The maximum atomic E-state index is 12.9. The van der Waals surface area contributed by atoms with E-state index in [-0.39, 0.29) is 47.8 Å². The average molecular weight is 727 g/mol. The molecule has 49 heavy (non-hydrogen) atoms. The number of hydrogen-bond donors (Lipinski definition) is 4. The number of aliphatic carboxylic acids is 1. The molecule has 0 fully saturated rings. The number of pyridine rings is 1. The number of anilines is 1. The summed E-state index contributed by atoms with van der Waals surface area (Å²) < 4.78 is 16.7. The number of rotatable bonds is 21. The van der Waals surface area contributed by atoms with Gasteiger partial charge in [-0.15, -0.1) is 0 Å². The molecule has 0 aliphatic rings. The molecule has 2 aromatic rings. The van der Waals surface area contributed by atoms with Crippen LogP contribution in [0.25, 0.3) is 0 Å². The van der Waals surface area contributed by atoms with Crippen LogP contribution in [0.15, 0.2) is 30.5 Å². The highest BCUT2D eigenvalue weighted by Gasteiger charge is 2.25. The van der Waals surface area contributed by atoms with Crippen molar-refractivity contribution in [3.8, 4) is 5.75 Å². The lowest BCUT2D eigenvalue weighted by atomic mass is 10.0. The Morgan fingerprint density at radius 3 is 2.33 bits per heavy atom. The summed E-state index contributed by atoms with van der Waals surface area (Å²) in [7, 11) is 0. The lowest BCUT2D eigenvalue weighted by Crippen LogP contribution is -2.39. The Hall–Kier alpha value is -3.65. The van der Waals surface area contributed by atoms with Gasteiger partial charge in [0.25, 0.3) is 0 Å². The van der Waals surface area contributed by atoms with E-state index in [9.17, 15) is 24.3 Å². The number of unbranched alkanes of at least 4 members (excludes halogenated alkanes) is 1. The zero-order chi connectivity index (χ0) is 36.4. The van der Waals surface area contributed by atoms with E-state index in [2.05, 4.69) is 20.9 Å². The van der Waals surface area contributed by atoms with Crippen LogP contribution in [-0.4, -0.2) is 85.6 Å². The number of amides is 3. The molecule has 0 saturated heterocycles. The van der Waals surface area contributed by atoms with Crippen molar-refractivity contribution in [1.29, 1.82) is 0 Å². The maximum absolute atomic E-state index is 12.9. The van der Waals surface area contributed by atoms with E-state index in [1.54, 1.807) is 33.0 Å². The minimum Gasteiger partial charge on any atom is -0.489 e.